The van der Waals surface area contributed by atoms with Gasteiger partial charge in [0.15, 0.2) is 0 Å². The van der Waals surface area contributed by atoms with Crippen molar-refractivity contribution in [2.45, 2.75) is 18.4 Å². The number of likely N-dealkylation sites (tertiary alicyclic amines) is 1. The Hall–Kier alpha value is -1.36. The highest BCUT2D eigenvalue weighted by Crippen LogP contribution is 2.55. The SMILES string of the molecule is O=C(CO)N1CCC2(n3cccn3)CC2C1. The van der Waals surface area contributed by atoms with E-state index in [1.54, 1.807) is 11.1 Å². The molecular weight excluding hydrogens is 206 g/mol. The molecule has 2 unspecified atom stereocenters. The molecule has 2 aliphatic rings. The summed E-state index contributed by atoms with van der Waals surface area (Å²) in [6.45, 7) is 1.12. The number of hydrogen-bond donors (Lipinski definition) is 1. The molecule has 1 aliphatic heterocycles. The van der Waals surface area contributed by atoms with E-state index < -0.39 is 0 Å². The van der Waals surface area contributed by atoms with Crippen molar-refractivity contribution >= 4 is 5.91 Å². The lowest BCUT2D eigenvalue weighted by atomic mass is 10.0. The number of piperidine rings is 1. The minimum atomic E-state index is -0.374. The average Bonchev–Trinajstić information content (AvgIpc) is 2.79. The fourth-order valence-corrected chi connectivity index (χ4v) is 2.85. The molecule has 1 aliphatic carbocycles. The molecule has 1 saturated heterocycles. The van der Waals surface area contributed by atoms with Gasteiger partial charge in [-0.2, -0.15) is 5.10 Å². The molecule has 86 valence electrons. The van der Waals surface area contributed by atoms with Gasteiger partial charge in [0, 0.05) is 31.4 Å². The van der Waals surface area contributed by atoms with E-state index in [2.05, 4.69) is 5.10 Å². The van der Waals surface area contributed by atoms with Gasteiger partial charge in [-0.25, -0.2) is 0 Å². The smallest absolute Gasteiger partial charge is 0.248 e. The number of amides is 1. The number of rotatable bonds is 2. The number of aromatic nitrogens is 2. The van der Waals surface area contributed by atoms with Crippen LogP contribution < -0.4 is 0 Å². The molecular formula is C11H15N3O2. The fraction of sp³-hybridized carbons (Fsp3) is 0.636. The highest BCUT2D eigenvalue weighted by atomic mass is 16.3. The molecule has 16 heavy (non-hydrogen) atoms. The highest BCUT2D eigenvalue weighted by molar-refractivity contribution is 5.77. The normalized spacial score (nSPS) is 32.3. The van der Waals surface area contributed by atoms with E-state index in [9.17, 15) is 4.79 Å². The van der Waals surface area contributed by atoms with Gasteiger partial charge >= 0.3 is 0 Å². The lowest BCUT2D eigenvalue weighted by molar-refractivity contribution is -0.135. The Morgan fingerprint density at radius 3 is 3.12 bits per heavy atom. The monoisotopic (exact) mass is 221 g/mol. The van der Waals surface area contributed by atoms with Gasteiger partial charge in [0.05, 0.1) is 5.54 Å². The molecule has 0 aromatic carbocycles. The van der Waals surface area contributed by atoms with Crippen molar-refractivity contribution in [3.8, 4) is 0 Å². The van der Waals surface area contributed by atoms with Gasteiger partial charge in [0.1, 0.15) is 6.61 Å². The standard InChI is InChI=1S/C11H15N3O2/c15-8-10(16)13-5-2-11(6-9(11)7-13)14-4-1-3-12-14/h1,3-4,9,15H,2,5-8H2. The number of carbonyl (C=O) groups is 1. The molecule has 1 saturated carbocycles. The first-order valence-electron chi connectivity index (χ1n) is 5.65. The van der Waals surface area contributed by atoms with E-state index in [4.69, 9.17) is 5.11 Å². The van der Waals surface area contributed by atoms with Crippen LogP contribution in [0.3, 0.4) is 0 Å². The zero-order valence-corrected chi connectivity index (χ0v) is 9.04. The third-order valence-corrected chi connectivity index (χ3v) is 3.90. The summed E-state index contributed by atoms with van der Waals surface area (Å²) in [5.41, 5.74) is 0.162. The van der Waals surface area contributed by atoms with Crippen molar-refractivity contribution in [3.63, 3.8) is 0 Å². The number of nitrogens with zero attached hydrogens (tertiary/aromatic N) is 3. The van der Waals surface area contributed by atoms with Crippen molar-refractivity contribution in [2.24, 2.45) is 5.92 Å². The summed E-state index contributed by atoms with van der Waals surface area (Å²) in [7, 11) is 0. The first kappa shape index (κ1) is 9.84. The summed E-state index contributed by atoms with van der Waals surface area (Å²) < 4.78 is 2.04. The van der Waals surface area contributed by atoms with Gasteiger partial charge in [0.2, 0.25) is 5.91 Å². The van der Waals surface area contributed by atoms with E-state index in [-0.39, 0.29) is 18.1 Å². The summed E-state index contributed by atoms with van der Waals surface area (Å²) in [6, 6.07) is 1.94. The van der Waals surface area contributed by atoms with E-state index in [0.29, 0.717) is 5.92 Å². The van der Waals surface area contributed by atoms with Gasteiger partial charge in [-0.3, -0.25) is 9.48 Å². The third kappa shape index (κ3) is 1.28. The Morgan fingerprint density at radius 2 is 2.50 bits per heavy atom. The van der Waals surface area contributed by atoms with Crippen molar-refractivity contribution in [3.05, 3.63) is 18.5 Å². The predicted octanol–water partition coefficient (Wildman–Crippen LogP) is -0.177. The first-order valence-corrected chi connectivity index (χ1v) is 5.65. The average molecular weight is 221 g/mol. The van der Waals surface area contributed by atoms with Crippen molar-refractivity contribution in [1.82, 2.24) is 14.7 Å². The van der Waals surface area contributed by atoms with Crippen LogP contribution in [0.15, 0.2) is 18.5 Å². The van der Waals surface area contributed by atoms with E-state index in [1.807, 2.05) is 16.9 Å². The summed E-state index contributed by atoms with van der Waals surface area (Å²) in [6.07, 6.45) is 5.86. The molecule has 0 radical (unpaired) electrons. The molecule has 5 nitrogen and oxygen atoms in total. The van der Waals surface area contributed by atoms with Crippen LogP contribution in [0.25, 0.3) is 0 Å². The molecule has 0 spiro atoms. The number of aliphatic hydroxyl groups excluding tert-OH is 1. The van der Waals surface area contributed by atoms with Crippen LogP contribution >= 0.6 is 0 Å². The number of hydrogen-bond acceptors (Lipinski definition) is 3. The number of fused-ring (bicyclic) bond motifs is 1. The molecule has 3 rings (SSSR count). The maximum absolute atomic E-state index is 11.4. The topological polar surface area (TPSA) is 58.4 Å². The number of aliphatic hydroxyl groups is 1. The van der Waals surface area contributed by atoms with Crippen molar-refractivity contribution < 1.29 is 9.90 Å². The second kappa shape index (κ2) is 3.31. The summed E-state index contributed by atoms with van der Waals surface area (Å²) in [5.74, 6) is 0.359. The van der Waals surface area contributed by atoms with E-state index >= 15 is 0 Å². The summed E-state index contributed by atoms with van der Waals surface area (Å²) in [4.78, 5) is 13.1. The largest absolute Gasteiger partial charge is 0.387 e. The molecule has 1 amide bonds. The lowest BCUT2D eigenvalue weighted by Gasteiger charge is -2.31. The lowest BCUT2D eigenvalue weighted by Crippen LogP contribution is -2.43. The van der Waals surface area contributed by atoms with Gasteiger partial charge in [-0.15, -0.1) is 0 Å². The molecule has 2 atom stereocenters. The second-order valence-corrected chi connectivity index (χ2v) is 4.70. The van der Waals surface area contributed by atoms with Crippen molar-refractivity contribution in [2.75, 3.05) is 19.7 Å². The van der Waals surface area contributed by atoms with Crippen LogP contribution in [0, 0.1) is 5.92 Å². The molecule has 5 heteroatoms. The molecule has 1 aromatic rings. The molecule has 0 bridgehead atoms. The van der Waals surface area contributed by atoms with Gasteiger partial charge < -0.3 is 10.0 Å². The maximum Gasteiger partial charge on any atom is 0.248 e. The summed E-state index contributed by atoms with van der Waals surface area (Å²) >= 11 is 0. The first-order chi connectivity index (χ1) is 7.76. The quantitative estimate of drug-likeness (QED) is 0.754. The molecule has 2 fully saturated rings. The Labute approximate surface area is 93.7 Å². The summed E-state index contributed by atoms with van der Waals surface area (Å²) in [5, 5.41) is 13.1. The van der Waals surface area contributed by atoms with E-state index in [1.165, 1.54) is 0 Å². The minimum Gasteiger partial charge on any atom is -0.387 e. The third-order valence-electron chi connectivity index (χ3n) is 3.90. The van der Waals surface area contributed by atoms with Gasteiger partial charge in [0.25, 0.3) is 0 Å². The van der Waals surface area contributed by atoms with Crippen LogP contribution in [0.2, 0.25) is 0 Å². The zero-order chi connectivity index (χ0) is 11.2. The minimum absolute atomic E-state index is 0.152. The number of carbonyl (C=O) groups excluding carboxylic acids is 1. The Bertz CT molecular complexity index is 403. The molecule has 1 N–H and O–H groups in total. The molecule has 1 aromatic heterocycles. The van der Waals surface area contributed by atoms with Crippen LogP contribution in [-0.4, -0.2) is 45.4 Å². The van der Waals surface area contributed by atoms with Crippen molar-refractivity contribution in [1.29, 1.82) is 0 Å². The highest BCUT2D eigenvalue weighted by Gasteiger charge is 2.59. The Morgan fingerprint density at radius 1 is 1.62 bits per heavy atom. The second-order valence-electron chi connectivity index (χ2n) is 4.70. The Kier molecular flexibility index (Phi) is 2.04. The maximum atomic E-state index is 11.4. The Balaban J connectivity index is 1.73. The zero-order valence-electron chi connectivity index (χ0n) is 9.04. The van der Waals surface area contributed by atoms with Gasteiger partial charge in [-0.1, -0.05) is 0 Å². The molecule has 2 heterocycles. The van der Waals surface area contributed by atoms with E-state index in [0.717, 1.165) is 25.9 Å². The predicted molar refractivity (Wildman–Crippen MR) is 56.6 cm³/mol. The fourth-order valence-electron chi connectivity index (χ4n) is 2.85. The van der Waals surface area contributed by atoms with Crippen LogP contribution in [0.5, 0.6) is 0 Å². The van der Waals surface area contributed by atoms with Crippen LogP contribution in [-0.2, 0) is 10.3 Å². The van der Waals surface area contributed by atoms with Gasteiger partial charge in [-0.05, 0) is 18.9 Å². The van der Waals surface area contributed by atoms with Crippen LogP contribution in [0.1, 0.15) is 12.8 Å². The van der Waals surface area contributed by atoms with Crippen LogP contribution in [0.4, 0.5) is 0 Å².